The van der Waals surface area contributed by atoms with Crippen molar-refractivity contribution in [1.29, 1.82) is 0 Å². The molecule has 9 nitrogen and oxygen atoms in total. The van der Waals surface area contributed by atoms with E-state index in [1.54, 1.807) is 29.2 Å². The lowest BCUT2D eigenvalue weighted by molar-refractivity contribution is -0.385. The van der Waals surface area contributed by atoms with Crippen molar-refractivity contribution >= 4 is 29.2 Å². The Morgan fingerprint density at radius 3 is 2.27 bits per heavy atom. The van der Waals surface area contributed by atoms with E-state index in [2.05, 4.69) is 5.32 Å². The number of nitro benzene ring substituents is 1. The first-order chi connectivity index (χ1) is 14.3. The number of ether oxygens (including phenoxy) is 1. The van der Waals surface area contributed by atoms with E-state index >= 15 is 0 Å². The van der Waals surface area contributed by atoms with Crippen LogP contribution in [0.3, 0.4) is 0 Å². The van der Waals surface area contributed by atoms with Crippen LogP contribution in [0.1, 0.15) is 40.1 Å². The van der Waals surface area contributed by atoms with Gasteiger partial charge in [-0.15, -0.1) is 0 Å². The molecule has 0 saturated carbocycles. The highest BCUT2D eigenvalue weighted by molar-refractivity contribution is 5.98. The molecule has 9 heteroatoms. The maximum atomic E-state index is 12.3. The number of anilines is 1. The van der Waals surface area contributed by atoms with Crippen LogP contribution >= 0.6 is 0 Å². The Labute approximate surface area is 173 Å². The number of para-hydroxylation sites is 1. The molecule has 0 fully saturated rings. The van der Waals surface area contributed by atoms with E-state index < -0.39 is 23.4 Å². The van der Waals surface area contributed by atoms with Crippen LogP contribution in [-0.4, -0.2) is 47.3 Å². The van der Waals surface area contributed by atoms with E-state index in [4.69, 9.17) is 4.74 Å². The molecule has 0 aliphatic heterocycles. The van der Waals surface area contributed by atoms with E-state index in [1.165, 1.54) is 25.1 Å². The molecule has 0 atom stereocenters. The Hall–Kier alpha value is -3.75. The van der Waals surface area contributed by atoms with Gasteiger partial charge >= 0.3 is 5.97 Å². The zero-order valence-electron chi connectivity index (χ0n) is 17.0. The molecule has 0 radical (unpaired) electrons. The first kappa shape index (κ1) is 22.5. The number of carbonyl (C=O) groups is 3. The monoisotopic (exact) mass is 413 g/mol. The summed E-state index contributed by atoms with van der Waals surface area (Å²) < 4.78 is 4.91. The number of hydrogen-bond donors (Lipinski definition) is 1. The quantitative estimate of drug-likeness (QED) is 0.403. The standard InChI is InChI=1S/C21H23N3O6/c1-4-23(5-2)20(26)15-9-11-16(12-10-15)22-18(25)13-30-21(27)17-8-6-7-14(3)19(17)24(28)29/h6-12H,4-5,13H2,1-3H3,(H,22,25). The van der Waals surface area contributed by atoms with Crippen LogP contribution in [0.2, 0.25) is 0 Å². The number of esters is 1. The van der Waals surface area contributed by atoms with Gasteiger partial charge in [0.15, 0.2) is 6.61 Å². The molecular weight excluding hydrogens is 390 g/mol. The maximum absolute atomic E-state index is 12.3. The summed E-state index contributed by atoms with van der Waals surface area (Å²) >= 11 is 0. The Bertz CT molecular complexity index is 952. The third-order valence-corrected chi connectivity index (χ3v) is 4.44. The summed E-state index contributed by atoms with van der Waals surface area (Å²) in [5.41, 5.74) is 0.672. The summed E-state index contributed by atoms with van der Waals surface area (Å²) in [4.78, 5) is 48.7. The first-order valence-corrected chi connectivity index (χ1v) is 9.38. The number of benzene rings is 2. The minimum Gasteiger partial charge on any atom is -0.452 e. The number of aryl methyl sites for hydroxylation is 1. The molecule has 2 aromatic rings. The largest absolute Gasteiger partial charge is 0.452 e. The molecule has 0 spiro atoms. The zero-order valence-corrected chi connectivity index (χ0v) is 17.0. The summed E-state index contributed by atoms with van der Waals surface area (Å²) in [7, 11) is 0. The van der Waals surface area contributed by atoms with Crippen LogP contribution in [0, 0.1) is 17.0 Å². The van der Waals surface area contributed by atoms with E-state index in [0.717, 1.165) is 0 Å². The van der Waals surface area contributed by atoms with Gasteiger partial charge in [-0.05, 0) is 51.1 Å². The number of nitro groups is 1. The van der Waals surface area contributed by atoms with Crippen LogP contribution in [0.15, 0.2) is 42.5 Å². The van der Waals surface area contributed by atoms with E-state index in [-0.39, 0.29) is 17.2 Å². The van der Waals surface area contributed by atoms with Crippen LogP contribution < -0.4 is 5.32 Å². The molecule has 2 rings (SSSR count). The molecule has 0 heterocycles. The molecule has 0 unspecified atom stereocenters. The summed E-state index contributed by atoms with van der Waals surface area (Å²) in [5.74, 6) is -1.67. The minimum atomic E-state index is -0.958. The van der Waals surface area contributed by atoms with Crippen molar-refractivity contribution < 1.29 is 24.0 Å². The predicted molar refractivity (Wildman–Crippen MR) is 110 cm³/mol. The summed E-state index contributed by atoms with van der Waals surface area (Å²) in [6.45, 7) is 5.88. The Morgan fingerprint density at radius 1 is 1.07 bits per heavy atom. The van der Waals surface area contributed by atoms with Gasteiger partial charge in [0.05, 0.1) is 4.92 Å². The van der Waals surface area contributed by atoms with Gasteiger partial charge in [-0.1, -0.05) is 12.1 Å². The van der Waals surface area contributed by atoms with Crippen molar-refractivity contribution in [2.24, 2.45) is 0 Å². The van der Waals surface area contributed by atoms with Crippen molar-refractivity contribution in [1.82, 2.24) is 4.90 Å². The number of nitrogens with zero attached hydrogens (tertiary/aromatic N) is 2. The molecule has 0 aliphatic carbocycles. The Kier molecular flexibility index (Phi) is 7.62. The molecular formula is C21H23N3O6. The van der Waals surface area contributed by atoms with E-state index in [9.17, 15) is 24.5 Å². The van der Waals surface area contributed by atoms with Crippen LogP contribution in [0.4, 0.5) is 11.4 Å². The average molecular weight is 413 g/mol. The molecule has 0 aromatic heterocycles. The van der Waals surface area contributed by atoms with Gasteiger partial charge in [0, 0.05) is 29.9 Å². The summed E-state index contributed by atoms with van der Waals surface area (Å²) in [6.07, 6.45) is 0. The van der Waals surface area contributed by atoms with Gasteiger partial charge in [-0.25, -0.2) is 4.79 Å². The molecule has 1 N–H and O–H groups in total. The van der Waals surface area contributed by atoms with Gasteiger partial charge in [0.2, 0.25) is 0 Å². The van der Waals surface area contributed by atoms with E-state index in [1.807, 2.05) is 13.8 Å². The number of rotatable bonds is 8. The lowest BCUT2D eigenvalue weighted by Gasteiger charge is -2.18. The normalized spacial score (nSPS) is 10.2. The van der Waals surface area contributed by atoms with Crippen LogP contribution in [-0.2, 0) is 9.53 Å². The fraction of sp³-hybridized carbons (Fsp3) is 0.286. The third-order valence-electron chi connectivity index (χ3n) is 4.44. The number of nitrogens with one attached hydrogen (secondary N) is 1. The fourth-order valence-corrected chi connectivity index (χ4v) is 2.86. The number of amides is 2. The van der Waals surface area contributed by atoms with Crippen LogP contribution in [0.5, 0.6) is 0 Å². The third kappa shape index (κ3) is 5.40. The topological polar surface area (TPSA) is 119 Å². The van der Waals surface area contributed by atoms with Crippen molar-refractivity contribution in [3.63, 3.8) is 0 Å². The molecule has 30 heavy (non-hydrogen) atoms. The Morgan fingerprint density at radius 2 is 1.70 bits per heavy atom. The SMILES string of the molecule is CCN(CC)C(=O)c1ccc(NC(=O)COC(=O)c2cccc(C)c2[N+](=O)[O-])cc1. The molecule has 158 valence electrons. The van der Waals surface area contributed by atoms with Crippen molar-refractivity contribution in [3.05, 3.63) is 69.3 Å². The van der Waals surface area contributed by atoms with Crippen molar-refractivity contribution in [2.75, 3.05) is 25.0 Å². The maximum Gasteiger partial charge on any atom is 0.345 e. The second-order valence-electron chi connectivity index (χ2n) is 6.41. The Balaban J connectivity index is 1.97. The lowest BCUT2D eigenvalue weighted by atomic mass is 10.1. The van der Waals surface area contributed by atoms with Crippen molar-refractivity contribution in [3.8, 4) is 0 Å². The lowest BCUT2D eigenvalue weighted by Crippen LogP contribution is -2.30. The van der Waals surface area contributed by atoms with Crippen LogP contribution in [0.25, 0.3) is 0 Å². The number of hydrogen-bond acceptors (Lipinski definition) is 6. The molecule has 0 aliphatic rings. The highest BCUT2D eigenvalue weighted by atomic mass is 16.6. The minimum absolute atomic E-state index is 0.105. The predicted octanol–water partition coefficient (Wildman–Crippen LogP) is 3.18. The number of carbonyl (C=O) groups excluding carboxylic acids is 3. The second-order valence-corrected chi connectivity index (χ2v) is 6.41. The highest BCUT2D eigenvalue weighted by Crippen LogP contribution is 2.23. The fourth-order valence-electron chi connectivity index (χ4n) is 2.86. The first-order valence-electron chi connectivity index (χ1n) is 9.38. The molecule has 0 bridgehead atoms. The van der Waals surface area contributed by atoms with Crippen molar-refractivity contribution in [2.45, 2.75) is 20.8 Å². The smallest absolute Gasteiger partial charge is 0.345 e. The zero-order chi connectivity index (χ0) is 22.3. The van der Waals surface area contributed by atoms with Gasteiger partial charge in [0.1, 0.15) is 5.56 Å². The van der Waals surface area contributed by atoms with Gasteiger partial charge < -0.3 is 15.0 Å². The average Bonchev–Trinajstić information content (AvgIpc) is 2.72. The second kappa shape index (κ2) is 10.1. The molecule has 2 amide bonds. The van der Waals surface area contributed by atoms with Gasteiger partial charge in [-0.3, -0.25) is 19.7 Å². The van der Waals surface area contributed by atoms with E-state index in [0.29, 0.717) is 29.9 Å². The molecule has 2 aromatic carbocycles. The summed E-state index contributed by atoms with van der Waals surface area (Å²) in [5, 5.41) is 13.7. The van der Waals surface area contributed by atoms with Gasteiger partial charge in [0.25, 0.3) is 17.5 Å². The van der Waals surface area contributed by atoms with Gasteiger partial charge in [-0.2, -0.15) is 0 Å². The highest BCUT2D eigenvalue weighted by Gasteiger charge is 2.24. The summed E-state index contributed by atoms with van der Waals surface area (Å²) in [6, 6.07) is 10.6. The molecule has 0 saturated heterocycles.